The van der Waals surface area contributed by atoms with E-state index in [-0.39, 0.29) is 6.17 Å². The van der Waals surface area contributed by atoms with Gasteiger partial charge in [-0.15, -0.1) is 0 Å². The number of likely N-dealkylation sites (tertiary alicyclic amines) is 1. The molecule has 1 saturated heterocycles. The fraction of sp³-hybridized carbons (Fsp3) is 0.480. The highest BCUT2D eigenvalue weighted by Gasteiger charge is 2.31. The van der Waals surface area contributed by atoms with Crippen molar-refractivity contribution < 1.29 is 0 Å². The zero-order chi connectivity index (χ0) is 23.7. The van der Waals surface area contributed by atoms with E-state index in [2.05, 4.69) is 80.6 Å². The fourth-order valence-electron chi connectivity index (χ4n) is 4.68. The Labute approximate surface area is 197 Å². The molecule has 3 unspecified atom stereocenters. The average Bonchev–Trinajstić information content (AvgIpc) is 3.11. The number of anilines is 1. The summed E-state index contributed by atoms with van der Waals surface area (Å²) in [5.41, 5.74) is 12.2. The smallest absolute Gasteiger partial charge is 0.146 e. The van der Waals surface area contributed by atoms with Gasteiger partial charge in [0.1, 0.15) is 12.0 Å². The topological polar surface area (TPSA) is 85.9 Å². The van der Waals surface area contributed by atoms with Crippen molar-refractivity contribution >= 4 is 11.5 Å². The van der Waals surface area contributed by atoms with Crippen molar-refractivity contribution in [3.05, 3.63) is 65.1 Å². The highest BCUT2D eigenvalue weighted by atomic mass is 15.7. The first-order valence-corrected chi connectivity index (χ1v) is 11.6. The molecule has 8 heteroatoms. The second kappa shape index (κ2) is 9.49. The van der Waals surface area contributed by atoms with Gasteiger partial charge in [-0.2, -0.15) is 5.01 Å². The van der Waals surface area contributed by atoms with Crippen LogP contribution in [0.4, 0.5) is 5.82 Å². The Hall–Kier alpha value is -2.97. The normalized spacial score (nSPS) is 24.8. The first-order valence-electron chi connectivity index (χ1n) is 11.6. The predicted molar refractivity (Wildman–Crippen MR) is 134 cm³/mol. The maximum Gasteiger partial charge on any atom is 0.146 e. The van der Waals surface area contributed by atoms with Crippen LogP contribution in [0.2, 0.25) is 0 Å². The molecule has 33 heavy (non-hydrogen) atoms. The minimum atomic E-state index is -0.0312. The highest BCUT2D eigenvalue weighted by Crippen LogP contribution is 2.32. The number of aliphatic imine (C=N–C) groups is 1. The summed E-state index contributed by atoms with van der Waals surface area (Å²) in [6, 6.07) is 0.631. The summed E-state index contributed by atoms with van der Waals surface area (Å²) >= 11 is 0. The summed E-state index contributed by atoms with van der Waals surface area (Å²) in [6.45, 7) is 7.38. The molecule has 0 radical (unpaired) electrons. The maximum absolute atomic E-state index is 6.12. The van der Waals surface area contributed by atoms with Crippen LogP contribution in [0.25, 0.3) is 0 Å². The van der Waals surface area contributed by atoms with Gasteiger partial charge < -0.3 is 16.0 Å². The van der Waals surface area contributed by atoms with Gasteiger partial charge in [0, 0.05) is 31.9 Å². The highest BCUT2D eigenvalue weighted by molar-refractivity contribution is 6.14. The zero-order valence-corrected chi connectivity index (χ0v) is 20.6. The Bertz CT molecular complexity index is 1050. The summed E-state index contributed by atoms with van der Waals surface area (Å²) in [6.07, 6.45) is 14.4. The van der Waals surface area contributed by atoms with Gasteiger partial charge in [0.05, 0.1) is 29.0 Å². The fourth-order valence-corrected chi connectivity index (χ4v) is 4.68. The van der Waals surface area contributed by atoms with Crippen LogP contribution >= 0.6 is 0 Å². The number of nitrogens with two attached hydrogens (primary N) is 1. The SMILES string of the molecule is CN=C(C1=CC2=CC(Nc3cnc(C)c(C)n3)N(C)N2C=C1)/C(=C\N)C(C)CC1CCN1C. The van der Waals surface area contributed by atoms with Gasteiger partial charge in [-0.1, -0.05) is 6.92 Å². The summed E-state index contributed by atoms with van der Waals surface area (Å²) in [4.78, 5) is 16.1. The number of hydrazine groups is 1. The van der Waals surface area contributed by atoms with Gasteiger partial charge in [0.2, 0.25) is 0 Å². The lowest BCUT2D eigenvalue weighted by Crippen LogP contribution is -2.45. The maximum atomic E-state index is 6.12. The minimum absolute atomic E-state index is 0.0312. The van der Waals surface area contributed by atoms with Crippen molar-refractivity contribution in [2.75, 3.05) is 33.0 Å². The quantitative estimate of drug-likeness (QED) is 0.620. The van der Waals surface area contributed by atoms with Crippen molar-refractivity contribution in [3.63, 3.8) is 0 Å². The Morgan fingerprint density at radius 2 is 2.12 bits per heavy atom. The van der Waals surface area contributed by atoms with Crippen molar-refractivity contribution in [3.8, 4) is 0 Å². The van der Waals surface area contributed by atoms with Crippen LogP contribution in [0.3, 0.4) is 0 Å². The van der Waals surface area contributed by atoms with Gasteiger partial charge in [-0.3, -0.25) is 15.0 Å². The molecule has 0 amide bonds. The molecule has 4 heterocycles. The van der Waals surface area contributed by atoms with E-state index in [0.717, 1.165) is 46.2 Å². The first-order chi connectivity index (χ1) is 15.8. The van der Waals surface area contributed by atoms with E-state index in [1.165, 1.54) is 13.0 Å². The number of hydrogen-bond donors (Lipinski definition) is 2. The van der Waals surface area contributed by atoms with E-state index in [9.17, 15) is 0 Å². The van der Waals surface area contributed by atoms with Crippen LogP contribution in [-0.4, -0.2) is 70.5 Å². The Balaban J connectivity index is 1.52. The average molecular weight is 449 g/mol. The number of fused-ring (bicyclic) bond motifs is 1. The third-order valence-corrected chi connectivity index (χ3v) is 7.07. The number of rotatable bonds is 7. The third kappa shape index (κ3) is 4.58. The van der Waals surface area contributed by atoms with Gasteiger partial charge in [-0.05, 0) is 76.2 Å². The Morgan fingerprint density at radius 3 is 2.73 bits per heavy atom. The second-order valence-electron chi connectivity index (χ2n) is 9.19. The molecule has 8 nitrogen and oxygen atoms in total. The Kier molecular flexibility index (Phi) is 6.67. The monoisotopic (exact) mass is 448 g/mol. The predicted octanol–water partition coefficient (Wildman–Crippen LogP) is 2.98. The molecule has 4 rings (SSSR count). The molecule has 3 aliphatic heterocycles. The van der Waals surface area contributed by atoms with Crippen LogP contribution < -0.4 is 11.1 Å². The van der Waals surface area contributed by atoms with E-state index in [1.54, 1.807) is 12.4 Å². The van der Waals surface area contributed by atoms with Crippen molar-refractivity contribution in [2.24, 2.45) is 16.6 Å². The van der Waals surface area contributed by atoms with E-state index in [4.69, 9.17) is 5.73 Å². The summed E-state index contributed by atoms with van der Waals surface area (Å²) in [5.74, 6) is 1.10. The largest absolute Gasteiger partial charge is 0.404 e. The van der Waals surface area contributed by atoms with Crippen molar-refractivity contribution in [2.45, 2.75) is 45.8 Å². The molecule has 0 aromatic carbocycles. The molecule has 1 aromatic rings. The molecule has 1 aromatic heterocycles. The van der Waals surface area contributed by atoms with Gasteiger partial charge in [0.25, 0.3) is 0 Å². The van der Waals surface area contributed by atoms with E-state index in [0.29, 0.717) is 12.0 Å². The lowest BCUT2D eigenvalue weighted by molar-refractivity contribution is 0.0978. The van der Waals surface area contributed by atoms with Crippen LogP contribution in [0, 0.1) is 19.8 Å². The first kappa shape index (κ1) is 23.2. The third-order valence-electron chi connectivity index (χ3n) is 7.07. The summed E-state index contributed by atoms with van der Waals surface area (Å²) < 4.78 is 0. The molecule has 0 spiro atoms. The van der Waals surface area contributed by atoms with Gasteiger partial charge in [0.15, 0.2) is 0 Å². The molecular weight excluding hydrogens is 412 g/mol. The van der Waals surface area contributed by atoms with Crippen LogP contribution in [0.15, 0.2) is 58.7 Å². The van der Waals surface area contributed by atoms with Crippen LogP contribution in [0.5, 0.6) is 0 Å². The van der Waals surface area contributed by atoms with Crippen LogP contribution in [0.1, 0.15) is 31.2 Å². The van der Waals surface area contributed by atoms with Crippen molar-refractivity contribution in [1.29, 1.82) is 0 Å². The number of likely N-dealkylation sites (N-methyl/N-ethyl adjacent to an activating group) is 1. The van der Waals surface area contributed by atoms with Gasteiger partial charge in [-0.25, -0.2) is 4.98 Å². The zero-order valence-electron chi connectivity index (χ0n) is 20.6. The molecule has 0 saturated carbocycles. The van der Waals surface area contributed by atoms with E-state index in [1.807, 2.05) is 20.9 Å². The second-order valence-corrected chi connectivity index (χ2v) is 9.19. The van der Waals surface area contributed by atoms with Crippen molar-refractivity contribution in [1.82, 2.24) is 24.9 Å². The van der Waals surface area contributed by atoms with Crippen LogP contribution in [-0.2, 0) is 0 Å². The molecule has 3 atom stereocenters. The standard InChI is InChI=1S/C25H36N8/c1-16(11-20-8-9-31(20)5)22(14-26)25(27-4)19-7-10-33-21(12-19)13-24(32(33)6)30-23-15-28-17(2)18(3)29-23/h7,10,12-16,20,24H,8-9,11,26H2,1-6H3,(H,29,30)/b22-14-,27-25?. The molecule has 1 fully saturated rings. The summed E-state index contributed by atoms with van der Waals surface area (Å²) in [7, 11) is 6.09. The molecule has 3 N–H and O–H groups in total. The molecule has 3 aliphatic rings. The molecule has 0 aliphatic carbocycles. The Morgan fingerprint density at radius 1 is 1.33 bits per heavy atom. The molecular formula is C25H36N8. The lowest BCUT2D eigenvalue weighted by atomic mass is 9.84. The lowest BCUT2D eigenvalue weighted by Gasteiger charge is -2.40. The summed E-state index contributed by atoms with van der Waals surface area (Å²) in [5, 5.41) is 7.73. The molecule has 176 valence electrons. The van der Waals surface area contributed by atoms with E-state index >= 15 is 0 Å². The number of hydrogen-bond acceptors (Lipinski definition) is 8. The number of aryl methyl sites for hydroxylation is 2. The van der Waals surface area contributed by atoms with Gasteiger partial charge >= 0.3 is 0 Å². The number of nitrogens with one attached hydrogen (secondary N) is 1. The number of aromatic nitrogens is 2. The molecule has 0 bridgehead atoms. The van der Waals surface area contributed by atoms with E-state index < -0.39 is 0 Å². The number of nitrogens with zero attached hydrogens (tertiary/aromatic N) is 6. The minimum Gasteiger partial charge on any atom is -0.404 e. The number of allylic oxidation sites excluding steroid dienone is 4.